The van der Waals surface area contributed by atoms with Crippen molar-refractivity contribution < 1.29 is 18.7 Å². The Labute approximate surface area is 111 Å². The highest BCUT2D eigenvalue weighted by molar-refractivity contribution is 5.94. The molecule has 0 aliphatic carbocycles. The number of amides is 1. The number of benzene rings is 1. The molecule has 4 nitrogen and oxygen atoms in total. The number of carbonyl (C=O) groups excluding carboxylic acids is 1. The highest BCUT2D eigenvalue weighted by atomic mass is 19.1. The van der Waals surface area contributed by atoms with E-state index in [-0.39, 0.29) is 17.9 Å². The monoisotopic (exact) mass is 272 g/mol. The van der Waals surface area contributed by atoms with Crippen LogP contribution in [0, 0.1) is 11.6 Å². The van der Waals surface area contributed by atoms with E-state index >= 15 is 0 Å². The molecular formula is C13H18F2N2O2. The van der Waals surface area contributed by atoms with Crippen molar-refractivity contribution in [3.63, 3.8) is 0 Å². The van der Waals surface area contributed by atoms with Gasteiger partial charge < -0.3 is 15.3 Å². The summed E-state index contributed by atoms with van der Waals surface area (Å²) in [5.41, 5.74) is -0.288. The molecule has 1 amide bonds. The van der Waals surface area contributed by atoms with Gasteiger partial charge in [0.2, 0.25) is 0 Å². The lowest BCUT2D eigenvalue weighted by atomic mass is 10.1. The molecule has 19 heavy (non-hydrogen) atoms. The average molecular weight is 272 g/mol. The normalized spacial score (nSPS) is 10.4. The summed E-state index contributed by atoms with van der Waals surface area (Å²) in [6.45, 7) is 2.49. The summed E-state index contributed by atoms with van der Waals surface area (Å²) in [5.74, 6) is -2.05. The highest BCUT2D eigenvalue weighted by Gasteiger charge is 2.18. The van der Waals surface area contributed by atoms with Gasteiger partial charge in [-0.25, -0.2) is 8.78 Å². The average Bonchev–Trinajstić information content (AvgIpc) is 2.39. The topological polar surface area (TPSA) is 52.6 Å². The van der Waals surface area contributed by atoms with Crippen LogP contribution in [0.1, 0.15) is 23.7 Å². The number of carbonyl (C=O) groups is 1. The molecular weight excluding hydrogens is 254 g/mol. The third-order valence-corrected chi connectivity index (χ3v) is 2.79. The van der Waals surface area contributed by atoms with Gasteiger partial charge in [0.1, 0.15) is 17.3 Å². The van der Waals surface area contributed by atoms with Gasteiger partial charge in [0, 0.05) is 32.3 Å². The van der Waals surface area contributed by atoms with Crippen molar-refractivity contribution in [3.05, 3.63) is 29.3 Å². The van der Waals surface area contributed by atoms with Crippen LogP contribution in [0.15, 0.2) is 12.1 Å². The Morgan fingerprint density at radius 2 is 1.95 bits per heavy atom. The summed E-state index contributed by atoms with van der Waals surface area (Å²) >= 11 is 0. The number of nitrogens with zero attached hydrogens (tertiary/aromatic N) is 1. The van der Waals surface area contributed by atoms with Crippen molar-refractivity contribution >= 4 is 11.6 Å². The van der Waals surface area contributed by atoms with E-state index in [2.05, 4.69) is 5.32 Å². The van der Waals surface area contributed by atoms with Gasteiger partial charge in [0.25, 0.3) is 5.91 Å². The van der Waals surface area contributed by atoms with Crippen LogP contribution in [0.3, 0.4) is 0 Å². The first-order chi connectivity index (χ1) is 9.04. The SMILES string of the molecule is CCN(CCCO)C(=O)c1cc(F)c(NC)c(F)c1. The van der Waals surface area contributed by atoms with Gasteiger partial charge in [-0.1, -0.05) is 0 Å². The van der Waals surface area contributed by atoms with E-state index < -0.39 is 17.5 Å². The van der Waals surface area contributed by atoms with Gasteiger partial charge >= 0.3 is 0 Å². The fraction of sp³-hybridized carbons (Fsp3) is 0.462. The molecule has 0 atom stereocenters. The maximum absolute atomic E-state index is 13.6. The smallest absolute Gasteiger partial charge is 0.254 e. The molecule has 0 saturated heterocycles. The third kappa shape index (κ3) is 3.64. The van der Waals surface area contributed by atoms with Gasteiger partial charge in [-0.05, 0) is 25.5 Å². The molecule has 0 aromatic heterocycles. The summed E-state index contributed by atoms with van der Waals surface area (Å²) in [4.78, 5) is 13.5. The number of halogens is 2. The van der Waals surface area contributed by atoms with E-state index in [0.717, 1.165) is 12.1 Å². The molecule has 106 valence electrons. The molecule has 0 unspecified atom stereocenters. The number of rotatable bonds is 6. The molecule has 0 saturated carbocycles. The van der Waals surface area contributed by atoms with Gasteiger partial charge in [-0.3, -0.25) is 4.79 Å². The zero-order chi connectivity index (χ0) is 14.4. The van der Waals surface area contributed by atoms with Crippen LogP contribution >= 0.6 is 0 Å². The van der Waals surface area contributed by atoms with Crippen LogP contribution in [-0.4, -0.2) is 42.7 Å². The van der Waals surface area contributed by atoms with Gasteiger partial charge in [0.15, 0.2) is 0 Å². The molecule has 0 fully saturated rings. The second kappa shape index (κ2) is 7.04. The number of hydrogen-bond acceptors (Lipinski definition) is 3. The maximum Gasteiger partial charge on any atom is 0.254 e. The molecule has 0 heterocycles. The lowest BCUT2D eigenvalue weighted by Gasteiger charge is -2.20. The Balaban J connectivity index is 2.98. The van der Waals surface area contributed by atoms with Crippen molar-refractivity contribution in [3.8, 4) is 0 Å². The van der Waals surface area contributed by atoms with E-state index in [1.807, 2.05) is 0 Å². The minimum atomic E-state index is -0.802. The van der Waals surface area contributed by atoms with Crippen LogP contribution in [0.5, 0.6) is 0 Å². The van der Waals surface area contributed by atoms with Crippen LogP contribution < -0.4 is 5.32 Å². The van der Waals surface area contributed by atoms with Crippen LogP contribution in [0.2, 0.25) is 0 Å². The van der Waals surface area contributed by atoms with Crippen molar-refractivity contribution in [2.75, 3.05) is 32.1 Å². The van der Waals surface area contributed by atoms with E-state index in [9.17, 15) is 13.6 Å². The first kappa shape index (κ1) is 15.4. The Morgan fingerprint density at radius 1 is 1.37 bits per heavy atom. The number of aliphatic hydroxyl groups is 1. The third-order valence-electron chi connectivity index (χ3n) is 2.79. The molecule has 0 bridgehead atoms. The molecule has 1 aromatic rings. The summed E-state index contributed by atoms with van der Waals surface area (Å²) < 4.78 is 27.2. The lowest BCUT2D eigenvalue weighted by molar-refractivity contribution is 0.0753. The van der Waals surface area contributed by atoms with Crippen LogP contribution in [0.4, 0.5) is 14.5 Å². The van der Waals surface area contributed by atoms with Gasteiger partial charge in [-0.2, -0.15) is 0 Å². The summed E-state index contributed by atoms with van der Waals surface area (Å²) in [5, 5.41) is 11.2. The highest BCUT2D eigenvalue weighted by Crippen LogP contribution is 2.21. The van der Waals surface area contributed by atoms with Crippen molar-refractivity contribution in [2.45, 2.75) is 13.3 Å². The molecule has 0 aliphatic heterocycles. The maximum atomic E-state index is 13.6. The molecule has 0 spiro atoms. The predicted octanol–water partition coefficient (Wildman–Crippen LogP) is 1.85. The second-order valence-electron chi connectivity index (χ2n) is 4.03. The van der Waals surface area contributed by atoms with E-state index in [4.69, 9.17) is 5.11 Å². The first-order valence-corrected chi connectivity index (χ1v) is 6.12. The molecule has 0 radical (unpaired) electrons. The second-order valence-corrected chi connectivity index (χ2v) is 4.03. The predicted molar refractivity (Wildman–Crippen MR) is 69.2 cm³/mol. The van der Waals surface area contributed by atoms with Crippen LogP contribution in [-0.2, 0) is 0 Å². The number of hydrogen-bond donors (Lipinski definition) is 2. The Bertz CT molecular complexity index is 429. The number of aliphatic hydroxyl groups excluding tert-OH is 1. The zero-order valence-electron chi connectivity index (χ0n) is 11.0. The number of nitrogens with one attached hydrogen (secondary N) is 1. The van der Waals surface area contributed by atoms with Crippen LogP contribution in [0.25, 0.3) is 0 Å². The minimum Gasteiger partial charge on any atom is -0.396 e. The molecule has 1 rings (SSSR count). The molecule has 6 heteroatoms. The lowest BCUT2D eigenvalue weighted by Crippen LogP contribution is -2.32. The summed E-state index contributed by atoms with van der Waals surface area (Å²) in [7, 11) is 1.41. The fourth-order valence-corrected chi connectivity index (χ4v) is 1.78. The van der Waals surface area contributed by atoms with Gasteiger partial charge in [0.05, 0.1) is 0 Å². The van der Waals surface area contributed by atoms with Crippen molar-refractivity contribution in [2.24, 2.45) is 0 Å². The van der Waals surface area contributed by atoms with Crippen molar-refractivity contribution in [1.82, 2.24) is 4.90 Å². The standard InChI is InChI=1S/C13H18F2N2O2/c1-3-17(5-4-6-18)13(19)9-7-10(14)12(16-2)11(15)8-9/h7-8,16,18H,3-6H2,1-2H3. The van der Waals surface area contributed by atoms with E-state index in [0.29, 0.717) is 19.5 Å². The quantitative estimate of drug-likeness (QED) is 0.831. The first-order valence-electron chi connectivity index (χ1n) is 6.12. The van der Waals surface area contributed by atoms with E-state index in [1.54, 1.807) is 6.92 Å². The number of anilines is 1. The molecule has 0 aliphatic rings. The molecule has 1 aromatic carbocycles. The Morgan fingerprint density at radius 3 is 2.37 bits per heavy atom. The van der Waals surface area contributed by atoms with Crippen molar-refractivity contribution in [1.29, 1.82) is 0 Å². The van der Waals surface area contributed by atoms with E-state index in [1.165, 1.54) is 11.9 Å². The zero-order valence-corrected chi connectivity index (χ0v) is 11.0. The Kier molecular flexibility index (Phi) is 5.69. The fourth-order valence-electron chi connectivity index (χ4n) is 1.78. The van der Waals surface area contributed by atoms with Gasteiger partial charge in [-0.15, -0.1) is 0 Å². The largest absolute Gasteiger partial charge is 0.396 e. The summed E-state index contributed by atoms with van der Waals surface area (Å²) in [6, 6.07) is 2.03. The molecule has 2 N–H and O–H groups in total. The Hall–Kier alpha value is -1.69. The minimum absolute atomic E-state index is 0.0335. The summed E-state index contributed by atoms with van der Waals surface area (Å²) in [6.07, 6.45) is 0.430.